The van der Waals surface area contributed by atoms with Gasteiger partial charge in [-0.2, -0.15) is 0 Å². The van der Waals surface area contributed by atoms with Crippen molar-refractivity contribution in [1.29, 1.82) is 0 Å². The molecule has 6 aliphatic heterocycles. The number of halogens is 1. The highest BCUT2D eigenvalue weighted by Gasteiger charge is 2.50. The fourth-order valence-corrected chi connectivity index (χ4v) is 11.8. The lowest BCUT2D eigenvalue weighted by Gasteiger charge is -2.53. The maximum absolute atomic E-state index is 12.6. The Labute approximate surface area is 553 Å². The van der Waals surface area contributed by atoms with Gasteiger partial charge in [0.25, 0.3) is 0 Å². The first-order chi connectivity index (χ1) is 43.8. The van der Waals surface area contributed by atoms with E-state index in [4.69, 9.17) is 47.7 Å². The molecule has 0 radical (unpaired) electrons. The number of amides is 3. The highest BCUT2D eigenvalue weighted by atomic mass is 35.5. The highest BCUT2D eigenvalue weighted by molar-refractivity contribution is 6.30. The number of Topliss-reactive ketones (excluding diaryl/α,β-unsaturated/α-hetero) is 1. The molecule has 22 nitrogen and oxygen atoms in total. The molecule has 23 heteroatoms. The molecule has 0 bridgehead atoms. The summed E-state index contributed by atoms with van der Waals surface area (Å²) in [5, 5.41) is 3.96. The first-order valence-electron chi connectivity index (χ1n) is 31.8. The molecule has 3 amide bonds. The van der Waals surface area contributed by atoms with E-state index >= 15 is 0 Å². The summed E-state index contributed by atoms with van der Waals surface area (Å²) in [6.07, 6.45) is 9.34. The summed E-state index contributed by atoms with van der Waals surface area (Å²) in [6.45, 7) is 27.6. The lowest BCUT2D eigenvalue weighted by atomic mass is 9.72. The average molecular weight is 1300 g/mol. The first kappa shape index (κ1) is 72.1. The number of methoxy groups -OCH3 is 2. The van der Waals surface area contributed by atoms with Gasteiger partial charge in [-0.05, 0) is 186 Å². The maximum Gasteiger partial charge on any atom is 0.410 e. The standard InChI is InChI=1S/C25H32N4O3.C19H27N3O4.C12H22N2O2.C8H7ClO2.C6H8N2/c1-24(2,3)32-23(31)29-16-25(17-29)10-12-28(13-11-25)22-9-8-19(15-27-22)21(30)14-18-6-4-5-7-20(18)26;1-18(2,3)26-17(24)22-12-19(13-22)7-9-21(10-8-19)15-6-5-14(11-20-15)16(23)25-4;1-11(2,3)16-10(15)14-8-12(9-14)4-6-13-7-5-12;1-11-8(10)6-2-4-7(9)5-3-6;7-5-3-1-2-4-6(5)8/h4-9,15H,10-14,16-17,26H2,1-3H3;5-6,11H,7-10,12-13H2,1-4H3;13H,4-9H2,1-3H3;2-5H,1H3;1-4H,7-8H2. The topological polar surface area (TPSA) is 281 Å². The van der Waals surface area contributed by atoms with Gasteiger partial charge in [-0.1, -0.05) is 41.9 Å². The van der Waals surface area contributed by atoms with Gasteiger partial charge in [0.05, 0.1) is 36.7 Å². The molecule has 0 aliphatic carbocycles. The van der Waals surface area contributed by atoms with Gasteiger partial charge in [-0.3, -0.25) is 4.79 Å². The quantitative estimate of drug-likeness (QED) is 0.0510. The number of hydrogen-bond acceptors (Lipinski definition) is 19. The molecular weight excluding hydrogens is 1210 g/mol. The van der Waals surface area contributed by atoms with Crippen molar-refractivity contribution in [3.8, 4) is 0 Å². The Balaban J connectivity index is 0.000000178. The highest BCUT2D eigenvalue weighted by Crippen LogP contribution is 2.44. The second-order valence-corrected chi connectivity index (χ2v) is 28.4. The van der Waals surface area contributed by atoms with Crippen LogP contribution in [0, 0.1) is 16.2 Å². The largest absolute Gasteiger partial charge is 0.465 e. The van der Waals surface area contributed by atoms with Gasteiger partial charge >= 0.3 is 30.2 Å². The zero-order valence-corrected chi connectivity index (χ0v) is 56.8. The third-order valence-electron chi connectivity index (χ3n) is 17.0. The zero-order chi connectivity index (χ0) is 67.9. The maximum atomic E-state index is 12.6. The minimum atomic E-state index is -0.462. The van der Waals surface area contributed by atoms with Gasteiger partial charge < -0.3 is 70.7 Å². The number of anilines is 5. The molecule has 6 fully saturated rings. The normalized spacial score (nSPS) is 17.4. The number of likely N-dealkylation sites (tertiary alicyclic amines) is 3. The number of piperidine rings is 3. The molecule has 0 saturated carbocycles. The number of hydrogen-bond donors (Lipinski definition) is 4. The van der Waals surface area contributed by atoms with Crippen LogP contribution in [0.15, 0.2) is 109 Å². The number of rotatable bonds is 7. The fourth-order valence-electron chi connectivity index (χ4n) is 11.7. The van der Waals surface area contributed by atoms with E-state index in [1.54, 1.807) is 64.7 Å². The summed E-state index contributed by atoms with van der Waals surface area (Å²) in [5.74, 6) is 1.05. The van der Waals surface area contributed by atoms with Crippen LogP contribution in [0.1, 0.15) is 137 Å². The van der Waals surface area contributed by atoms with Gasteiger partial charge in [0, 0.05) is 117 Å². The summed E-state index contributed by atoms with van der Waals surface area (Å²) >= 11 is 5.61. The van der Waals surface area contributed by atoms with Gasteiger partial charge in [-0.25, -0.2) is 33.9 Å². The lowest BCUT2D eigenvalue weighted by molar-refractivity contribution is -0.0458. The van der Waals surface area contributed by atoms with Crippen LogP contribution in [0.25, 0.3) is 0 Å². The minimum Gasteiger partial charge on any atom is -0.465 e. The molecule has 6 aliphatic rings. The molecule has 0 unspecified atom stereocenters. The summed E-state index contributed by atoms with van der Waals surface area (Å²) < 4.78 is 25.4. The molecule has 2 aromatic heterocycles. The van der Waals surface area contributed by atoms with Crippen LogP contribution in [-0.4, -0.2) is 170 Å². The number of nitrogens with one attached hydrogen (secondary N) is 1. The molecule has 3 spiro atoms. The Morgan fingerprint density at radius 2 is 0.817 bits per heavy atom. The van der Waals surface area contributed by atoms with Crippen LogP contribution in [0.2, 0.25) is 5.02 Å². The molecule has 504 valence electrons. The van der Waals surface area contributed by atoms with E-state index in [9.17, 15) is 28.8 Å². The first-order valence-corrected chi connectivity index (χ1v) is 32.1. The molecular formula is C70H96ClN11O11. The number of ether oxygens (including phenoxy) is 5. The summed E-state index contributed by atoms with van der Waals surface area (Å²) in [4.78, 5) is 89.9. The van der Waals surface area contributed by atoms with E-state index in [0.29, 0.717) is 44.2 Å². The number of benzene rings is 3. The molecule has 93 heavy (non-hydrogen) atoms. The number of nitrogens with zero attached hydrogens (tertiary/aromatic N) is 7. The van der Waals surface area contributed by atoms with E-state index in [0.717, 1.165) is 121 Å². The van der Waals surface area contributed by atoms with Crippen LogP contribution in [0.5, 0.6) is 0 Å². The van der Waals surface area contributed by atoms with Crippen LogP contribution in [-0.2, 0) is 30.1 Å². The van der Waals surface area contributed by atoms with Crippen LogP contribution in [0.3, 0.4) is 0 Å². The van der Waals surface area contributed by atoms with Crippen molar-refractivity contribution in [3.63, 3.8) is 0 Å². The Kier molecular flexibility index (Phi) is 24.1. The number of aromatic nitrogens is 2. The number of nitrogen functional groups attached to an aromatic ring is 3. The molecule has 0 atom stereocenters. The number of pyridine rings is 2. The van der Waals surface area contributed by atoms with Gasteiger partial charge in [-0.15, -0.1) is 0 Å². The Bertz CT molecular complexity index is 3280. The molecule has 6 saturated heterocycles. The van der Waals surface area contributed by atoms with E-state index in [-0.39, 0.29) is 58.9 Å². The predicted octanol–water partition coefficient (Wildman–Crippen LogP) is 11.2. The van der Waals surface area contributed by atoms with E-state index in [2.05, 4.69) is 29.8 Å². The molecule has 11 rings (SSSR count). The number of ketones is 1. The molecule has 7 N–H and O–H groups in total. The minimum absolute atomic E-state index is 0.0104. The van der Waals surface area contributed by atoms with Gasteiger partial charge in [0.15, 0.2) is 5.78 Å². The van der Waals surface area contributed by atoms with Crippen molar-refractivity contribution in [3.05, 3.63) is 137 Å². The number of carbonyl (C=O) groups is 6. The van der Waals surface area contributed by atoms with Crippen molar-refractivity contribution < 1.29 is 52.5 Å². The average Bonchev–Trinajstić information content (AvgIpc) is 0.779. The number of esters is 2. The smallest absolute Gasteiger partial charge is 0.410 e. The monoisotopic (exact) mass is 1300 g/mol. The van der Waals surface area contributed by atoms with Crippen LogP contribution in [0.4, 0.5) is 43.1 Å². The Morgan fingerprint density at radius 1 is 0.473 bits per heavy atom. The Hall–Kier alpha value is -8.37. The Morgan fingerprint density at radius 3 is 1.16 bits per heavy atom. The van der Waals surface area contributed by atoms with E-state index in [1.807, 2.05) is 122 Å². The number of nitrogens with two attached hydrogens (primary N) is 3. The molecule has 3 aromatic carbocycles. The summed E-state index contributed by atoms with van der Waals surface area (Å²) in [5.41, 5.74) is 20.6. The number of para-hydroxylation sites is 3. The third kappa shape index (κ3) is 21.1. The second kappa shape index (κ2) is 31.0. The summed E-state index contributed by atoms with van der Waals surface area (Å²) in [6, 6.07) is 28.6. The van der Waals surface area contributed by atoms with Crippen molar-refractivity contribution in [2.75, 3.05) is 120 Å². The lowest BCUT2D eigenvalue weighted by Crippen LogP contribution is -2.62. The summed E-state index contributed by atoms with van der Waals surface area (Å²) in [7, 11) is 2.70. The predicted molar refractivity (Wildman–Crippen MR) is 362 cm³/mol. The van der Waals surface area contributed by atoms with Crippen molar-refractivity contribution in [1.82, 2.24) is 30.0 Å². The van der Waals surface area contributed by atoms with Crippen LogP contribution < -0.4 is 32.3 Å². The van der Waals surface area contributed by atoms with E-state index in [1.165, 1.54) is 27.1 Å². The molecule has 5 aromatic rings. The number of carbonyl (C=O) groups excluding carboxylic acids is 6. The SMILES string of the molecule is CC(C)(C)OC(=O)N1CC2(CCN(c3ccc(C(=O)Cc4ccccc4N)cn3)CC2)C1.CC(C)(C)OC(=O)N1CC2(CCNCC2)C1.COC(=O)c1ccc(Cl)cc1.COC(=O)c1ccc(N2CCC3(CC2)CN(C(=O)OC(C)(C)C)C3)nc1.Nc1ccccc1N. The van der Waals surface area contributed by atoms with Gasteiger partial charge in [0.2, 0.25) is 0 Å². The van der Waals surface area contributed by atoms with Crippen molar-refractivity contribution in [2.45, 2.75) is 124 Å². The van der Waals surface area contributed by atoms with Crippen molar-refractivity contribution in [2.24, 2.45) is 16.2 Å². The molecule has 8 heterocycles. The van der Waals surface area contributed by atoms with Crippen molar-refractivity contribution >= 4 is 76.3 Å². The third-order valence-corrected chi connectivity index (χ3v) is 17.2. The van der Waals surface area contributed by atoms with Gasteiger partial charge in [0.1, 0.15) is 28.4 Å². The fraction of sp³-hybridized carbons (Fsp3) is 0.514. The van der Waals surface area contributed by atoms with Crippen LogP contribution >= 0.6 is 11.6 Å². The zero-order valence-electron chi connectivity index (χ0n) is 56.1. The van der Waals surface area contributed by atoms with E-state index < -0.39 is 11.2 Å². The second-order valence-electron chi connectivity index (χ2n) is 28.0.